The largest absolute Gasteiger partial charge is 0.347 e. The summed E-state index contributed by atoms with van der Waals surface area (Å²) in [4.78, 5) is 12.9. The van der Waals surface area contributed by atoms with E-state index in [1.165, 1.54) is 12.1 Å². The number of rotatable bonds is 4. The van der Waals surface area contributed by atoms with Gasteiger partial charge in [0.25, 0.3) is 5.91 Å². The van der Waals surface area contributed by atoms with Gasteiger partial charge in [0.05, 0.1) is 7.05 Å². The van der Waals surface area contributed by atoms with Crippen LogP contribution in [0.1, 0.15) is 39.3 Å². The average Bonchev–Trinajstić information content (AvgIpc) is 2.26. The van der Waals surface area contributed by atoms with Gasteiger partial charge in [-0.05, 0) is 39.8 Å². The van der Waals surface area contributed by atoms with Crippen LogP contribution in [-0.4, -0.2) is 25.0 Å². The lowest BCUT2D eigenvalue weighted by atomic mass is 10.1. The summed E-state index contributed by atoms with van der Waals surface area (Å²) >= 11 is 0. The van der Waals surface area contributed by atoms with Gasteiger partial charge in [0.15, 0.2) is 6.54 Å². The molecule has 0 heterocycles. The Labute approximate surface area is 114 Å². The van der Waals surface area contributed by atoms with Crippen molar-refractivity contribution in [2.24, 2.45) is 0 Å². The maximum Gasteiger partial charge on any atom is 0.275 e. The first-order chi connectivity index (χ1) is 8.69. The minimum atomic E-state index is -0.237. The molecule has 1 unspecified atom stereocenters. The van der Waals surface area contributed by atoms with Gasteiger partial charge in [0.2, 0.25) is 0 Å². The minimum Gasteiger partial charge on any atom is -0.347 e. The SMILES string of the molecule is C[C@H](c1ccc(F)cc1)[NH+](C)CC(=O)NC(C)(C)C. The molecule has 106 valence electrons. The molecular formula is C15H24FN2O+. The van der Waals surface area contributed by atoms with Gasteiger partial charge in [0.1, 0.15) is 11.9 Å². The van der Waals surface area contributed by atoms with Gasteiger partial charge in [-0.25, -0.2) is 4.39 Å². The van der Waals surface area contributed by atoms with E-state index in [0.717, 1.165) is 10.5 Å². The number of halogens is 1. The molecule has 2 atom stereocenters. The summed E-state index contributed by atoms with van der Waals surface area (Å²) in [6.45, 7) is 8.32. The average molecular weight is 267 g/mol. The number of hydrogen-bond donors (Lipinski definition) is 2. The van der Waals surface area contributed by atoms with Crippen LogP contribution in [0, 0.1) is 5.82 Å². The summed E-state index contributed by atoms with van der Waals surface area (Å²) < 4.78 is 12.9. The monoisotopic (exact) mass is 267 g/mol. The predicted octanol–water partition coefficient (Wildman–Crippen LogP) is 1.32. The van der Waals surface area contributed by atoms with Gasteiger partial charge in [-0.15, -0.1) is 0 Å². The first kappa shape index (κ1) is 15.6. The van der Waals surface area contributed by atoms with Crippen LogP contribution in [0.3, 0.4) is 0 Å². The lowest BCUT2D eigenvalue weighted by molar-refractivity contribution is -0.902. The maximum atomic E-state index is 12.9. The van der Waals surface area contributed by atoms with E-state index >= 15 is 0 Å². The second-order valence-electron chi connectivity index (χ2n) is 6.09. The second-order valence-corrected chi connectivity index (χ2v) is 6.09. The fraction of sp³-hybridized carbons (Fsp3) is 0.533. The highest BCUT2D eigenvalue weighted by Crippen LogP contribution is 2.09. The lowest BCUT2D eigenvalue weighted by Gasteiger charge is -2.25. The molecule has 0 saturated carbocycles. The zero-order valence-corrected chi connectivity index (χ0v) is 12.4. The first-order valence-electron chi connectivity index (χ1n) is 6.58. The Kier molecular flexibility index (Phi) is 5.06. The standard InChI is InChI=1S/C15H23FN2O/c1-11(12-6-8-13(16)9-7-12)18(5)10-14(19)17-15(2,3)4/h6-9,11H,10H2,1-5H3,(H,17,19)/p+1/t11-/m1/s1. The Bertz CT molecular complexity index is 423. The summed E-state index contributed by atoms with van der Waals surface area (Å²) in [5.74, 6) is -0.210. The number of benzene rings is 1. The smallest absolute Gasteiger partial charge is 0.275 e. The topological polar surface area (TPSA) is 33.5 Å². The van der Waals surface area contributed by atoms with Crippen molar-refractivity contribution in [3.8, 4) is 0 Å². The van der Waals surface area contributed by atoms with E-state index in [0.29, 0.717) is 6.54 Å². The number of carbonyl (C=O) groups excluding carboxylic acids is 1. The summed E-state index contributed by atoms with van der Waals surface area (Å²) in [6, 6.07) is 6.59. The van der Waals surface area contributed by atoms with E-state index in [1.54, 1.807) is 12.1 Å². The van der Waals surface area contributed by atoms with E-state index in [2.05, 4.69) is 5.32 Å². The lowest BCUT2D eigenvalue weighted by Crippen LogP contribution is -3.10. The van der Waals surface area contributed by atoms with Crippen LogP contribution in [0.4, 0.5) is 4.39 Å². The Morgan fingerprint density at radius 1 is 1.32 bits per heavy atom. The molecule has 1 aromatic carbocycles. The maximum absolute atomic E-state index is 12.9. The van der Waals surface area contributed by atoms with E-state index in [1.807, 2.05) is 34.7 Å². The number of quaternary nitrogens is 1. The van der Waals surface area contributed by atoms with Gasteiger partial charge < -0.3 is 10.2 Å². The van der Waals surface area contributed by atoms with Crippen molar-refractivity contribution in [2.75, 3.05) is 13.6 Å². The molecule has 0 bridgehead atoms. The number of amides is 1. The third-order valence-electron chi connectivity index (χ3n) is 3.06. The molecular weight excluding hydrogens is 243 g/mol. The summed E-state index contributed by atoms with van der Waals surface area (Å²) in [5, 5.41) is 2.95. The molecule has 0 spiro atoms. The number of carbonyl (C=O) groups is 1. The fourth-order valence-electron chi connectivity index (χ4n) is 1.90. The highest BCUT2D eigenvalue weighted by molar-refractivity contribution is 5.77. The molecule has 1 aromatic rings. The van der Waals surface area contributed by atoms with Crippen LogP contribution in [-0.2, 0) is 4.79 Å². The molecule has 0 aliphatic rings. The van der Waals surface area contributed by atoms with Crippen LogP contribution in [0.2, 0.25) is 0 Å². The van der Waals surface area contributed by atoms with E-state index in [-0.39, 0.29) is 23.3 Å². The van der Waals surface area contributed by atoms with Gasteiger partial charge in [-0.3, -0.25) is 4.79 Å². The van der Waals surface area contributed by atoms with E-state index < -0.39 is 0 Å². The molecule has 4 heteroatoms. The molecule has 0 fully saturated rings. The van der Waals surface area contributed by atoms with Crippen LogP contribution in [0.5, 0.6) is 0 Å². The van der Waals surface area contributed by atoms with Crippen LogP contribution in [0.25, 0.3) is 0 Å². The quantitative estimate of drug-likeness (QED) is 0.847. The molecule has 1 rings (SSSR count). The van der Waals surface area contributed by atoms with Gasteiger partial charge >= 0.3 is 0 Å². The number of hydrogen-bond acceptors (Lipinski definition) is 1. The van der Waals surface area contributed by atoms with Crippen molar-refractivity contribution < 1.29 is 14.1 Å². The molecule has 2 N–H and O–H groups in total. The van der Waals surface area contributed by atoms with Crippen LogP contribution < -0.4 is 10.2 Å². The van der Waals surface area contributed by atoms with E-state index in [4.69, 9.17) is 0 Å². The third kappa shape index (κ3) is 5.39. The van der Waals surface area contributed by atoms with Crippen molar-refractivity contribution in [1.82, 2.24) is 5.32 Å². The van der Waals surface area contributed by atoms with Crippen LogP contribution >= 0.6 is 0 Å². The fourth-order valence-corrected chi connectivity index (χ4v) is 1.90. The van der Waals surface area contributed by atoms with Crippen molar-refractivity contribution in [2.45, 2.75) is 39.3 Å². The summed E-state index contributed by atoms with van der Waals surface area (Å²) in [7, 11) is 1.97. The predicted molar refractivity (Wildman–Crippen MR) is 74.5 cm³/mol. The molecule has 19 heavy (non-hydrogen) atoms. The summed E-state index contributed by atoms with van der Waals surface area (Å²) in [6.07, 6.45) is 0. The van der Waals surface area contributed by atoms with Crippen molar-refractivity contribution >= 4 is 5.91 Å². The Morgan fingerprint density at radius 3 is 2.32 bits per heavy atom. The van der Waals surface area contributed by atoms with Crippen molar-refractivity contribution in [1.29, 1.82) is 0 Å². The Hall–Kier alpha value is -1.42. The van der Waals surface area contributed by atoms with Gasteiger partial charge in [0, 0.05) is 11.1 Å². The Balaban J connectivity index is 2.60. The molecule has 3 nitrogen and oxygen atoms in total. The Morgan fingerprint density at radius 2 is 1.84 bits per heavy atom. The highest BCUT2D eigenvalue weighted by Gasteiger charge is 2.21. The normalized spacial score (nSPS) is 14.8. The second kappa shape index (κ2) is 6.15. The van der Waals surface area contributed by atoms with Crippen LogP contribution in [0.15, 0.2) is 24.3 Å². The first-order valence-corrected chi connectivity index (χ1v) is 6.58. The highest BCUT2D eigenvalue weighted by atomic mass is 19.1. The zero-order valence-electron chi connectivity index (χ0n) is 12.4. The third-order valence-corrected chi connectivity index (χ3v) is 3.06. The molecule has 1 amide bonds. The molecule has 0 saturated heterocycles. The molecule has 0 aliphatic carbocycles. The number of nitrogens with one attached hydrogen (secondary N) is 2. The van der Waals surface area contributed by atoms with Crippen molar-refractivity contribution in [3.63, 3.8) is 0 Å². The molecule has 0 aliphatic heterocycles. The minimum absolute atomic E-state index is 0.0268. The van der Waals surface area contributed by atoms with Crippen molar-refractivity contribution in [3.05, 3.63) is 35.6 Å². The summed E-state index contributed by atoms with van der Waals surface area (Å²) in [5.41, 5.74) is 0.818. The zero-order chi connectivity index (χ0) is 14.6. The molecule has 0 aromatic heterocycles. The molecule has 0 radical (unpaired) electrons. The van der Waals surface area contributed by atoms with Gasteiger partial charge in [-0.1, -0.05) is 12.1 Å². The number of likely N-dealkylation sites (N-methyl/N-ethyl adjacent to an activating group) is 1. The van der Waals surface area contributed by atoms with E-state index in [9.17, 15) is 9.18 Å². The van der Waals surface area contributed by atoms with Gasteiger partial charge in [-0.2, -0.15) is 0 Å².